The van der Waals surface area contributed by atoms with Crippen molar-refractivity contribution in [3.05, 3.63) is 64.4 Å². The first-order chi connectivity index (χ1) is 15.4. The summed E-state index contributed by atoms with van der Waals surface area (Å²) >= 11 is 6.13. The maximum atomic E-state index is 14.0. The van der Waals surface area contributed by atoms with Crippen LogP contribution in [0.3, 0.4) is 0 Å². The molecule has 1 aliphatic rings. The Morgan fingerprint density at radius 1 is 1.03 bits per heavy atom. The molecule has 3 rings (SSSR count). The van der Waals surface area contributed by atoms with Crippen LogP contribution in [0.5, 0.6) is 0 Å². The Kier molecular flexibility index (Phi) is 8.61. The van der Waals surface area contributed by atoms with Gasteiger partial charge in [-0.2, -0.15) is 0 Å². The fraction of sp³-hybridized carbons (Fsp3) is 0.417. The summed E-state index contributed by atoms with van der Waals surface area (Å²) < 4.78 is 14.0. The zero-order valence-corrected chi connectivity index (χ0v) is 19.4. The topological polar surface area (TPSA) is 55.9 Å². The van der Waals surface area contributed by atoms with E-state index in [9.17, 15) is 14.0 Å². The molecule has 1 saturated heterocycles. The smallest absolute Gasteiger partial charge is 0.253 e. The van der Waals surface area contributed by atoms with Gasteiger partial charge in [-0.3, -0.25) is 19.4 Å². The van der Waals surface area contributed by atoms with Crippen molar-refractivity contribution >= 4 is 29.1 Å². The Bertz CT molecular complexity index is 923. The van der Waals surface area contributed by atoms with E-state index in [1.165, 1.54) is 6.07 Å². The fourth-order valence-electron chi connectivity index (χ4n) is 3.84. The molecule has 1 aliphatic heterocycles. The molecule has 0 radical (unpaired) electrons. The maximum Gasteiger partial charge on any atom is 0.253 e. The lowest BCUT2D eigenvalue weighted by Gasteiger charge is -2.34. The molecule has 1 fully saturated rings. The van der Waals surface area contributed by atoms with Gasteiger partial charge in [0.15, 0.2) is 0 Å². The van der Waals surface area contributed by atoms with Crippen LogP contribution < -0.4 is 5.32 Å². The highest BCUT2D eigenvalue weighted by molar-refractivity contribution is 6.31. The van der Waals surface area contributed by atoms with Gasteiger partial charge in [0.05, 0.1) is 6.54 Å². The van der Waals surface area contributed by atoms with Crippen molar-refractivity contribution in [1.82, 2.24) is 14.7 Å². The second kappa shape index (κ2) is 11.4. The standard InChI is InChI=1S/C24H30ClFN4O2/c1-3-30(4-2)24(32)18-7-5-8-19(15-18)27-23(31)17-29-13-11-28(12-14-29)16-20-21(25)9-6-10-22(20)26/h5-10,15H,3-4,11-14,16-17H2,1-2H3,(H,27,31). The van der Waals surface area contributed by atoms with E-state index in [2.05, 4.69) is 15.1 Å². The van der Waals surface area contributed by atoms with Crippen LogP contribution >= 0.6 is 11.6 Å². The second-order valence-corrected chi connectivity index (χ2v) is 8.27. The first kappa shape index (κ1) is 24.2. The van der Waals surface area contributed by atoms with E-state index in [1.54, 1.807) is 41.3 Å². The predicted octanol–water partition coefficient (Wildman–Crippen LogP) is 3.72. The Labute approximate surface area is 193 Å². The van der Waals surface area contributed by atoms with Gasteiger partial charge in [-0.05, 0) is 44.2 Å². The Morgan fingerprint density at radius 3 is 2.34 bits per heavy atom. The molecular weight excluding hydrogens is 431 g/mol. The van der Waals surface area contributed by atoms with Crippen molar-refractivity contribution in [3.63, 3.8) is 0 Å². The first-order valence-electron chi connectivity index (χ1n) is 11.0. The molecule has 8 heteroatoms. The van der Waals surface area contributed by atoms with Crippen molar-refractivity contribution in [3.8, 4) is 0 Å². The van der Waals surface area contributed by atoms with Gasteiger partial charge in [0.1, 0.15) is 5.82 Å². The molecule has 0 spiro atoms. The summed E-state index contributed by atoms with van der Waals surface area (Å²) in [6.07, 6.45) is 0. The number of hydrogen-bond donors (Lipinski definition) is 1. The molecule has 1 heterocycles. The van der Waals surface area contributed by atoms with Crippen molar-refractivity contribution < 1.29 is 14.0 Å². The number of hydrogen-bond acceptors (Lipinski definition) is 4. The molecule has 0 unspecified atom stereocenters. The van der Waals surface area contributed by atoms with Crippen LogP contribution in [0.1, 0.15) is 29.8 Å². The molecule has 32 heavy (non-hydrogen) atoms. The Hall–Kier alpha value is -2.48. The average Bonchev–Trinajstić information content (AvgIpc) is 2.78. The molecule has 2 amide bonds. The van der Waals surface area contributed by atoms with Gasteiger partial charge in [0, 0.05) is 67.7 Å². The van der Waals surface area contributed by atoms with E-state index in [1.807, 2.05) is 13.8 Å². The second-order valence-electron chi connectivity index (χ2n) is 7.86. The summed E-state index contributed by atoms with van der Waals surface area (Å²) in [7, 11) is 0. The number of rotatable bonds is 8. The molecule has 2 aromatic carbocycles. The van der Waals surface area contributed by atoms with Gasteiger partial charge in [-0.1, -0.05) is 23.7 Å². The van der Waals surface area contributed by atoms with Gasteiger partial charge in [0.25, 0.3) is 5.91 Å². The van der Waals surface area contributed by atoms with Gasteiger partial charge >= 0.3 is 0 Å². The van der Waals surface area contributed by atoms with Crippen LogP contribution in [0, 0.1) is 5.82 Å². The minimum absolute atomic E-state index is 0.0443. The van der Waals surface area contributed by atoms with Crippen molar-refractivity contribution in [2.24, 2.45) is 0 Å². The lowest BCUT2D eigenvalue weighted by Crippen LogP contribution is -2.48. The number of carbonyl (C=O) groups excluding carboxylic acids is 2. The lowest BCUT2D eigenvalue weighted by atomic mass is 10.1. The zero-order valence-electron chi connectivity index (χ0n) is 18.6. The average molecular weight is 461 g/mol. The SMILES string of the molecule is CCN(CC)C(=O)c1cccc(NC(=O)CN2CCN(Cc3c(F)cccc3Cl)CC2)c1. The van der Waals surface area contributed by atoms with Crippen LogP contribution in [-0.4, -0.2) is 72.3 Å². The highest BCUT2D eigenvalue weighted by atomic mass is 35.5. The highest BCUT2D eigenvalue weighted by Crippen LogP contribution is 2.21. The summed E-state index contributed by atoms with van der Waals surface area (Å²) in [5.74, 6) is -0.457. The number of benzene rings is 2. The van der Waals surface area contributed by atoms with E-state index in [0.29, 0.717) is 54.6 Å². The van der Waals surface area contributed by atoms with E-state index < -0.39 is 0 Å². The number of nitrogens with zero attached hydrogens (tertiary/aromatic N) is 3. The van der Waals surface area contributed by atoms with Crippen LogP contribution in [0.2, 0.25) is 5.02 Å². The molecule has 0 bridgehead atoms. The van der Waals surface area contributed by atoms with Crippen molar-refractivity contribution in [2.75, 3.05) is 51.1 Å². The summed E-state index contributed by atoms with van der Waals surface area (Å²) in [6.45, 7) is 8.76. The van der Waals surface area contributed by atoms with Gasteiger partial charge < -0.3 is 10.2 Å². The molecule has 0 aromatic heterocycles. The third-order valence-corrected chi connectivity index (χ3v) is 6.07. The summed E-state index contributed by atoms with van der Waals surface area (Å²) in [4.78, 5) is 31.0. The molecule has 1 N–H and O–H groups in total. The van der Waals surface area contributed by atoms with Crippen LogP contribution in [0.15, 0.2) is 42.5 Å². The fourth-order valence-corrected chi connectivity index (χ4v) is 4.06. The third kappa shape index (κ3) is 6.28. The Balaban J connectivity index is 1.49. The highest BCUT2D eigenvalue weighted by Gasteiger charge is 2.21. The molecule has 6 nitrogen and oxygen atoms in total. The molecule has 172 valence electrons. The lowest BCUT2D eigenvalue weighted by molar-refractivity contribution is -0.117. The quantitative estimate of drug-likeness (QED) is 0.652. The monoisotopic (exact) mass is 460 g/mol. The summed E-state index contributed by atoms with van der Waals surface area (Å²) in [5.41, 5.74) is 1.69. The summed E-state index contributed by atoms with van der Waals surface area (Å²) in [5, 5.41) is 3.33. The molecule has 0 saturated carbocycles. The van der Waals surface area contributed by atoms with Gasteiger partial charge in [-0.25, -0.2) is 4.39 Å². The minimum atomic E-state index is -0.291. The van der Waals surface area contributed by atoms with E-state index in [0.717, 1.165) is 13.1 Å². The third-order valence-electron chi connectivity index (χ3n) is 5.72. The summed E-state index contributed by atoms with van der Waals surface area (Å²) in [6, 6.07) is 11.8. The molecular formula is C24H30ClFN4O2. The van der Waals surface area contributed by atoms with Crippen molar-refractivity contribution in [2.45, 2.75) is 20.4 Å². The maximum absolute atomic E-state index is 14.0. The molecule has 0 aliphatic carbocycles. The molecule has 0 atom stereocenters. The normalized spacial score (nSPS) is 14.9. The number of halogens is 2. The minimum Gasteiger partial charge on any atom is -0.339 e. The largest absolute Gasteiger partial charge is 0.339 e. The number of amides is 2. The number of piperazine rings is 1. The van der Waals surface area contributed by atoms with Gasteiger partial charge in [0.2, 0.25) is 5.91 Å². The number of carbonyl (C=O) groups is 2. The van der Waals surface area contributed by atoms with E-state index >= 15 is 0 Å². The number of nitrogens with one attached hydrogen (secondary N) is 1. The Morgan fingerprint density at radius 2 is 1.69 bits per heavy atom. The molecule has 2 aromatic rings. The predicted molar refractivity (Wildman–Crippen MR) is 125 cm³/mol. The van der Waals surface area contributed by atoms with E-state index in [-0.39, 0.29) is 24.2 Å². The first-order valence-corrected chi connectivity index (χ1v) is 11.4. The van der Waals surface area contributed by atoms with Crippen LogP contribution in [0.25, 0.3) is 0 Å². The van der Waals surface area contributed by atoms with Gasteiger partial charge in [-0.15, -0.1) is 0 Å². The number of anilines is 1. The van der Waals surface area contributed by atoms with Crippen LogP contribution in [0.4, 0.5) is 10.1 Å². The van der Waals surface area contributed by atoms with Crippen LogP contribution in [-0.2, 0) is 11.3 Å². The van der Waals surface area contributed by atoms with Crippen molar-refractivity contribution in [1.29, 1.82) is 0 Å². The zero-order chi connectivity index (χ0) is 23.1. The van der Waals surface area contributed by atoms with E-state index in [4.69, 9.17) is 11.6 Å².